The molecule has 0 aromatic heterocycles. The molecule has 11 heteroatoms. The molecule has 0 unspecified atom stereocenters. The lowest BCUT2D eigenvalue weighted by Gasteiger charge is -2.40. The summed E-state index contributed by atoms with van der Waals surface area (Å²) in [5.74, 6) is 0.261. The Hall–Kier alpha value is -1.20. The van der Waals surface area contributed by atoms with Gasteiger partial charge in [-0.1, -0.05) is 39.2 Å². The molecule has 3 rings (SSSR count). The summed E-state index contributed by atoms with van der Waals surface area (Å²) in [6.45, 7) is 2.29. The van der Waals surface area contributed by atoms with Gasteiger partial charge in [-0.3, -0.25) is 0 Å². The number of ether oxygens (including phenoxy) is 3. The Balaban J connectivity index is 1.58. The average molecular weight is 452 g/mol. The first kappa shape index (κ1) is 22.5. The molecule has 1 aliphatic heterocycles. The lowest BCUT2D eigenvalue weighted by Crippen LogP contribution is -2.48. The largest absolute Gasteiger partial charge is 0.451 e. The van der Waals surface area contributed by atoms with Gasteiger partial charge < -0.3 is 14.2 Å². The second kappa shape index (κ2) is 6.91. The summed E-state index contributed by atoms with van der Waals surface area (Å²) in [5, 5.41) is 0. The number of rotatable bonds is 5. The number of hydrogen-bond acceptors (Lipinski definition) is 3. The molecule has 29 heavy (non-hydrogen) atoms. The molecule has 3 nitrogen and oxygen atoms in total. The summed E-state index contributed by atoms with van der Waals surface area (Å²) < 4.78 is 107. The van der Waals surface area contributed by atoms with Crippen molar-refractivity contribution in [2.45, 2.75) is 49.9 Å². The monoisotopic (exact) mass is 452 g/mol. The zero-order valence-corrected chi connectivity index (χ0v) is 16.5. The molecule has 0 spiro atoms. The van der Waals surface area contributed by atoms with Gasteiger partial charge in [0.15, 0.2) is 0 Å². The van der Waals surface area contributed by atoms with Gasteiger partial charge in [0.05, 0.1) is 13.2 Å². The van der Waals surface area contributed by atoms with Gasteiger partial charge in [0.2, 0.25) is 0 Å². The van der Waals surface area contributed by atoms with Crippen LogP contribution in [0.15, 0.2) is 29.2 Å². The van der Waals surface area contributed by atoms with Crippen molar-refractivity contribution >= 4 is 10.2 Å². The fourth-order valence-electron chi connectivity index (χ4n) is 3.71. The molecule has 0 radical (unpaired) electrons. The Morgan fingerprint density at radius 2 is 1.38 bits per heavy atom. The van der Waals surface area contributed by atoms with Gasteiger partial charge in [0.25, 0.3) is 6.29 Å². The van der Waals surface area contributed by atoms with Gasteiger partial charge in [0.1, 0.15) is 10.6 Å². The van der Waals surface area contributed by atoms with Crippen LogP contribution in [0.2, 0.25) is 0 Å². The van der Waals surface area contributed by atoms with Crippen molar-refractivity contribution in [2.24, 2.45) is 17.8 Å². The van der Waals surface area contributed by atoms with E-state index in [1.807, 2.05) is 0 Å². The van der Waals surface area contributed by atoms with Crippen LogP contribution in [0.5, 0.6) is 5.75 Å². The highest BCUT2D eigenvalue weighted by molar-refractivity contribution is 8.45. The first-order chi connectivity index (χ1) is 13.1. The van der Waals surface area contributed by atoms with E-state index in [0.29, 0.717) is 24.0 Å². The molecular formula is C18H23F7O3S. The maximum absolute atomic E-state index is 14.3. The van der Waals surface area contributed by atoms with Gasteiger partial charge in [-0.15, -0.1) is 0 Å². The minimum absolute atomic E-state index is 0.00804. The van der Waals surface area contributed by atoms with Crippen LogP contribution < -0.4 is 4.74 Å². The van der Waals surface area contributed by atoms with Gasteiger partial charge in [-0.25, -0.2) is 0 Å². The first-order valence-electron chi connectivity index (χ1n) is 9.28. The maximum atomic E-state index is 14.3. The van der Waals surface area contributed by atoms with Gasteiger partial charge in [-0.05, 0) is 48.9 Å². The van der Waals surface area contributed by atoms with E-state index in [1.165, 1.54) is 0 Å². The third kappa shape index (κ3) is 5.69. The summed E-state index contributed by atoms with van der Waals surface area (Å²) in [5.41, 5.74) is 0. The molecule has 2 aliphatic rings. The van der Waals surface area contributed by atoms with Crippen molar-refractivity contribution in [2.75, 3.05) is 13.2 Å². The number of halogens is 7. The van der Waals surface area contributed by atoms with E-state index in [-0.39, 0.29) is 31.3 Å². The molecule has 168 valence electrons. The zero-order valence-electron chi connectivity index (χ0n) is 15.6. The van der Waals surface area contributed by atoms with Crippen LogP contribution in [-0.4, -0.2) is 25.6 Å². The highest BCUT2D eigenvalue weighted by atomic mass is 32.5. The number of benzene rings is 1. The van der Waals surface area contributed by atoms with E-state index in [9.17, 15) is 28.2 Å². The van der Waals surface area contributed by atoms with Crippen LogP contribution in [0, 0.1) is 17.8 Å². The highest BCUT2D eigenvalue weighted by Crippen LogP contribution is 3.02. The van der Waals surface area contributed by atoms with Crippen LogP contribution in [0.25, 0.3) is 0 Å². The van der Waals surface area contributed by atoms with Crippen LogP contribution in [0.1, 0.15) is 32.6 Å². The Morgan fingerprint density at radius 1 is 0.862 bits per heavy atom. The van der Waals surface area contributed by atoms with Crippen molar-refractivity contribution in [3.63, 3.8) is 0 Å². The fraction of sp³-hybridized carbons (Fsp3) is 0.667. The van der Waals surface area contributed by atoms with Gasteiger partial charge >= 0.3 is 16.3 Å². The Bertz CT molecular complexity index is 707. The van der Waals surface area contributed by atoms with E-state index >= 15 is 0 Å². The van der Waals surface area contributed by atoms with Crippen LogP contribution in [-0.2, 0) is 9.47 Å². The number of hydrogen-bond donors (Lipinski definition) is 0. The van der Waals surface area contributed by atoms with Crippen molar-refractivity contribution in [1.82, 2.24) is 0 Å². The molecule has 1 aliphatic carbocycles. The minimum Gasteiger partial charge on any atom is -0.429 e. The second-order valence-corrected chi connectivity index (χ2v) is 10.3. The SMILES string of the molecule is CC1CCC(C2COC(C(F)(F)Oc3ccc(S(F)(F)(F)(F)F)cc3)OC2)CC1. The Labute approximate surface area is 164 Å². The smallest absolute Gasteiger partial charge is 0.429 e. The first-order valence-corrected chi connectivity index (χ1v) is 11.2. The van der Waals surface area contributed by atoms with Crippen LogP contribution in [0.3, 0.4) is 0 Å². The minimum atomic E-state index is -9.88. The second-order valence-electron chi connectivity index (χ2n) is 7.88. The summed E-state index contributed by atoms with van der Waals surface area (Å²) in [6, 6.07) is 0.844. The topological polar surface area (TPSA) is 27.7 Å². The van der Waals surface area contributed by atoms with Crippen molar-refractivity contribution < 1.29 is 42.4 Å². The molecule has 1 heterocycles. The maximum Gasteiger partial charge on any atom is 0.451 e. The Morgan fingerprint density at radius 3 is 1.86 bits per heavy atom. The predicted octanol–water partition coefficient (Wildman–Crippen LogP) is 7.13. The molecular weight excluding hydrogens is 429 g/mol. The quantitative estimate of drug-likeness (QED) is 0.445. The summed E-state index contributed by atoms with van der Waals surface area (Å²) in [4.78, 5) is -2.18. The third-order valence-electron chi connectivity index (χ3n) is 5.45. The predicted molar refractivity (Wildman–Crippen MR) is 93.7 cm³/mol. The molecule has 1 aromatic carbocycles. The molecule has 2 fully saturated rings. The molecule has 1 saturated heterocycles. The lowest BCUT2D eigenvalue weighted by atomic mass is 9.76. The summed E-state index contributed by atoms with van der Waals surface area (Å²) >= 11 is 0. The zero-order chi connectivity index (χ0) is 21.6. The molecule has 0 amide bonds. The molecule has 1 saturated carbocycles. The number of alkyl halides is 2. The molecule has 1 aromatic rings. The summed E-state index contributed by atoms with van der Waals surface area (Å²) in [7, 11) is -9.88. The Kier molecular flexibility index (Phi) is 5.36. The highest BCUT2D eigenvalue weighted by Gasteiger charge is 2.65. The van der Waals surface area contributed by atoms with E-state index in [2.05, 4.69) is 11.7 Å². The van der Waals surface area contributed by atoms with E-state index in [0.717, 1.165) is 25.7 Å². The average Bonchev–Trinajstić information content (AvgIpc) is 2.61. The normalized spacial score (nSPS) is 31.6. The van der Waals surface area contributed by atoms with Crippen LogP contribution >= 0.6 is 10.2 Å². The van der Waals surface area contributed by atoms with Gasteiger partial charge in [0, 0.05) is 5.92 Å². The fourth-order valence-corrected chi connectivity index (χ4v) is 4.36. The molecule has 0 bridgehead atoms. The molecule has 0 atom stereocenters. The summed E-state index contributed by atoms with van der Waals surface area (Å²) in [6.07, 6.45) is -1.93. The van der Waals surface area contributed by atoms with E-state index in [1.54, 1.807) is 0 Å². The van der Waals surface area contributed by atoms with Crippen molar-refractivity contribution in [3.05, 3.63) is 24.3 Å². The van der Waals surface area contributed by atoms with E-state index in [4.69, 9.17) is 9.47 Å². The third-order valence-corrected chi connectivity index (χ3v) is 6.61. The lowest BCUT2D eigenvalue weighted by molar-refractivity contribution is -0.354. The standard InChI is InChI=1S/C18H23F7O3S/c1-12-2-4-13(5-3-12)14-10-26-17(27-11-14)18(19,20)28-15-6-8-16(9-7-15)29(21,22,23,24)25/h6-9,12-14,17H,2-5,10-11H2,1H3. The van der Waals surface area contributed by atoms with E-state index < -0.39 is 33.3 Å². The van der Waals surface area contributed by atoms with Crippen molar-refractivity contribution in [1.29, 1.82) is 0 Å². The van der Waals surface area contributed by atoms with Gasteiger partial charge in [-0.2, -0.15) is 8.78 Å². The van der Waals surface area contributed by atoms with Crippen LogP contribution in [0.4, 0.5) is 28.2 Å². The van der Waals surface area contributed by atoms with Crippen molar-refractivity contribution in [3.8, 4) is 5.75 Å². The molecule has 0 N–H and O–H groups in total.